The molecule has 4 aromatic rings. The Balaban J connectivity index is 1.90. The quantitative estimate of drug-likeness (QED) is 0.419. The minimum Gasteiger partial charge on any atom is -0.396 e. The maximum atomic E-state index is 14.3. The third-order valence-corrected chi connectivity index (χ3v) is 4.92. The molecule has 6 nitrogen and oxygen atoms in total. The molecule has 3 N–H and O–H groups in total. The average molecular weight is 381 g/mol. The second-order valence-electron chi connectivity index (χ2n) is 6.65. The van der Waals surface area contributed by atoms with Gasteiger partial charge in [-0.1, -0.05) is 0 Å². The number of carbonyl (C=O) groups is 1. The number of nitrogens with two attached hydrogens (primary N) is 1. The number of nitrogens with zero attached hydrogens (tertiary/aromatic N) is 3. The minimum absolute atomic E-state index is 0.118. The van der Waals surface area contributed by atoms with E-state index in [2.05, 4.69) is 15.1 Å². The molecule has 0 saturated heterocycles. The van der Waals surface area contributed by atoms with Crippen LogP contribution in [0.4, 0.5) is 14.5 Å². The number of ketones is 1. The number of carbonyl (C=O) groups excluding carboxylic acids is 1. The molecule has 1 aromatic carbocycles. The number of aromatic amines is 1. The van der Waals surface area contributed by atoms with Gasteiger partial charge in [-0.05, 0) is 32.0 Å². The molecular weight excluding hydrogens is 364 g/mol. The SMILES string of the molecule is Cc1nn(C)c(C)c1-c1cnc2[nH]cc(C(=O)c3c(F)ccc(N)c3F)c2c1. The van der Waals surface area contributed by atoms with Gasteiger partial charge in [0.2, 0.25) is 5.78 Å². The summed E-state index contributed by atoms with van der Waals surface area (Å²) in [5.74, 6) is -2.83. The number of pyridine rings is 1. The Bertz CT molecular complexity index is 1260. The first-order valence-corrected chi connectivity index (χ1v) is 8.55. The van der Waals surface area contributed by atoms with E-state index < -0.39 is 23.0 Å². The van der Waals surface area contributed by atoms with Gasteiger partial charge in [0.25, 0.3) is 0 Å². The summed E-state index contributed by atoms with van der Waals surface area (Å²) in [6.45, 7) is 3.81. The van der Waals surface area contributed by atoms with Gasteiger partial charge in [-0.15, -0.1) is 0 Å². The van der Waals surface area contributed by atoms with Crippen molar-refractivity contribution in [3.63, 3.8) is 0 Å². The van der Waals surface area contributed by atoms with Crippen molar-refractivity contribution in [1.29, 1.82) is 0 Å². The van der Waals surface area contributed by atoms with Crippen molar-refractivity contribution in [2.75, 3.05) is 5.73 Å². The zero-order chi connectivity index (χ0) is 20.2. The van der Waals surface area contributed by atoms with E-state index >= 15 is 0 Å². The number of fused-ring (bicyclic) bond motifs is 1. The van der Waals surface area contributed by atoms with Gasteiger partial charge in [-0.25, -0.2) is 13.8 Å². The van der Waals surface area contributed by atoms with Crippen LogP contribution in [0.5, 0.6) is 0 Å². The van der Waals surface area contributed by atoms with Crippen LogP contribution < -0.4 is 5.73 Å². The van der Waals surface area contributed by atoms with E-state index in [4.69, 9.17) is 5.73 Å². The number of nitrogens with one attached hydrogen (secondary N) is 1. The molecule has 0 radical (unpaired) electrons. The van der Waals surface area contributed by atoms with Crippen molar-refractivity contribution in [1.82, 2.24) is 19.7 Å². The van der Waals surface area contributed by atoms with E-state index in [1.807, 2.05) is 20.9 Å². The Hall–Kier alpha value is -3.55. The van der Waals surface area contributed by atoms with Crippen LogP contribution in [0.3, 0.4) is 0 Å². The van der Waals surface area contributed by atoms with Gasteiger partial charge >= 0.3 is 0 Å². The monoisotopic (exact) mass is 381 g/mol. The molecular formula is C20H17F2N5O. The standard InChI is InChI=1S/C20H17F2N5O/c1-9-16(10(2)27(3)26-9)11-6-12-13(8-25-20(12)24-7-11)19(28)17-14(21)4-5-15(23)18(17)22/h4-8H,23H2,1-3H3,(H,24,25). The summed E-state index contributed by atoms with van der Waals surface area (Å²) in [7, 11) is 1.84. The van der Waals surface area contributed by atoms with Gasteiger partial charge in [0.15, 0.2) is 5.82 Å². The number of rotatable bonds is 3. The third kappa shape index (κ3) is 2.57. The van der Waals surface area contributed by atoms with Crippen molar-refractivity contribution in [3.8, 4) is 11.1 Å². The molecule has 0 atom stereocenters. The first kappa shape index (κ1) is 17.8. The third-order valence-electron chi connectivity index (χ3n) is 4.92. The Morgan fingerprint density at radius 2 is 2.00 bits per heavy atom. The topological polar surface area (TPSA) is 89.6 Å². The van der Waals surface area contributed by atoms with Gasteiger partial charge in [0.05, 0.1) is 16.9 Å². The molecule has 4 rings (SSSR count). The van der Waals surface area contributed by atoms with Crippen molar-refractivity contribution in [2.45, 2.75) is 13.8 Å². The Labute approximate surface area is 159 Å². The lowest BCUT2D eigenvalue weighted by Crippen LogP contribution is -2.09. The zero-order valence-electron chi connectivity index (χ0n) is 15.5. The van der Waals surface area contributed by atoms with Crippen molar-refractivity contribution in [3.05, 3.63) is 64.7 Å². The van der Waals surface area contributed by atoms with Gasteiger partial charge in [0.1, 0.15) is 11.5 Å². The highest BCUT2D eigenvalue weighted by molar-refractivity contribution is 6.16. The van der Waals surface area contributed by atoms with Gasteiger partial charge in [0, 0.05) is 47.2 Å². The van der Waals surface area contributed by atoms with Crippen LogP contribution in [0.25, 0.3) is 22.2 Å². The second-order valence-corrected chi connectivity index (χ2v) is 6.65. The lowest BCUT2D eigenvalue weighted by atomic mass is 9.99. The molecule has 0 amide bonds. The summed E-state index contributed by atoms with van der Waals surface area (Å²) >= 11 is 0. The van der Waals surface area contributed by atoms with Crippen molar-refractivity contribution < 1.29 is 13.6 Å². The van der Waals surface area contributed by atoms with Crippen LogP contribution in [0.15, 0.2) is 30.6 Å². The fourth-order valence-corrected chi connectivity index (χ4v) is 3.43. The van der Waals surface area contributed by atoms with E-state index in [9.17, 15) is 13.6 Å². The maximum absolute atomic E-state index is 14.3. The summed E-state index contributed by atoms with van der Waals surface area (Å²) in [4.78, 5) is 20.1. The fourth-order valence-electron chi connectivity index (χ4n) is 3.43. The Morgan fingerprint density at radius 3 is 2.68 bits per heavy atom. The van der Waals surface area contributed by atoms with E-state index in [0.717, 1.165) is 34.6 Å². The molecule has 0 bridgehead atoms. The Morgan fingerprint density at radius 1 is 1.25 bits per heavy atom. The predicted octanol–water partition coefficient (Wildman–Crippen LogP) is 3.67. The Kier molecular flexibility index (Phi) is 3.99. The molecule has 3 aromatic heterocycles. The summed E-state index contributed by atoms with van der Waals surface area (Å²) in [6.07, 6.45) is 3.07. The minimum atomic E-state index is -1.07. The molecule has 3 heterocycles. The molecule has 8 heteroatoms. The largest absolute Gasteiger partial charge is 0.396 e. The van der Waals surface area contributed by atoms with Gasteiger partial charge < -0.3 is 10.7 Å². The van der Waals surface area contributed by atoms with Gasteiger partial charge in [-0.3, -0.25) is 9.48 Å². The number of halogens is 2. The number of aryl methyl sites for hydroxylation is 2. The predicted molar refractivity (Wildman–Crippen MR) is 102 cm³/mol. The van der Waals surface area contributed by atoms with Crippen LogP contribution >= 0.6 is 0 Å². The summed E-state index contributed by atoms with van der Waals surface area (Å²) < 4.78 is 30.3. The molecule has 28 heavy (non-hydrogen) atoms. The molecule has 0 unspecified atom stereocenters. The molecule has 0 aliphatic carbocycles. The summed E-state index contributed by atoms with van der Waals surface area (Å²) in [5.41, 5.74) is 8.52. The number of H-pyrrole nitrogens is 1. The average Bonchev–Trinajstić information content (AvgIpc) is 3.18. The zero-order valence-corrected chi connectivity index (χ0v) is 15.5. The number of aromatic nitrogens is 4. The van der Waals surface area contributed by atoms with E-state index in [1.54, 1.807) is 16.9 Å². The smallest absolute Gasteiger partial charge is 0.201 e. The molecule has 0 aliphatic rings. The molecule has 0 fully saturated rings. The highest BCUT2D eigenvalue weighted by Gasteiger charge is 2.24. The van der Waals surface area contributed by atoms with Crippen molar-refractivity contribution in [2.24, 2.45) is 7.05 Å². The first-order valence-electron chi connectivity index (χ1n) is 8.55. The summed E-state index contributed by atoms with van der Waals surface area (Å²) in [6, 6.07) is 3.84. The second kappa shape index (κ2) is 6.26. The summed E-state index contributed by atoms with van der Waals surface area (Å²) in [5, 5.41) is 4.86. The lowest BCUT2D eigenvalue weighted by molar-refractivity contribution is 0.103. The van der Waals surface area contributed by atoms with Crippen LogP contribution in [-0.4, -0.2) is 25.5 Å². The van der Waals surface area contributed by atoms with Crippen molar-refractivity contribution >= 4 is 22.5 Å². The number of benzene rings is 1. The first-order chi connectivity index (χ1) is 13.3. The molecule has 0 aliphatic heterocycles. The lowest BCUT2D eigenvalue weighted by Gasteiger charge is -2.07. The van der Waals surface area contributed by atoms with Crippen LogP contribution in [0, 0.1) is 25.5 Å². The number of hydrogen-bond acceptors (Lipinski definition) is 4. The molecule has 0 spiro atoms. The van der Waals surface area contributed by atoms with E-state index in [-0.39, 0.29) is 11.3 Å². The van der Waals surface area contributed by atoms with E-state index in [1.165, 1.54) is 6.20 Å². The van der Waals surface area contributed by atoms with Gasteiger partial charge in [-0.2, -0.15) is 5.10 Å². The van der Waals surface area contributed by atoms with E-state index in [0.29, 0.717) is 11.0 Å². The fraction of sp³-hybridized carbons (Fsp3) is 0.150. The normalized spacial score (nSPS) is 11.3. The molecule has 0 saturated carbocycles. The number of anilines is 1. The number of hydrogen-bond donors (Lipinski definition) is 2. The highest BCUT2D eigenvalue weighted by atomic mass is 19.1. The van der Waals surface area contributed by atoms with Crippen LogP contribution in [0.2, 0.25) is 0 Å². The highest BCUT2D eigenvalue weighted by Crippen LogP contribution is 2.31. The number of nitrogen functional groups attached to an aromatic ring is 1. The molecule has 142 valence electrons. The van der Waals surface area contributed by atoms with Crippen LogP contribution in [-0.2, 0) is 7.05 Å². The maximum Gasteiger partial charge on any atom is 0.201 e. The van der Waals surface area contributed by atoms with Crippen LogP contribution in [0.1, 0.15) is 27.3 Å².